The lowest BCUT2D eigenvalue weighted by Crippen LogP contribution is -2.34. The van der Waals surface area contributed by atoms with Crippen molar-refractivity contribution in [1.29, 1.82) is 0 Å². The van der Waals surface area contributed by atoms with E-state index in [1.807, 2.05) is 42.5 Å². The highest BCUT2D eigenvalue weighted by atomic mass is 35.5. The second-order valence-corrected chi connectivity index (χ2v) is 9.92. The van der Waals surface area contributed by atoms with E-state index in [2.05, 4.69) is 22.3 Å². The predicted octanol–water partition coefficient (Wildman–Crippen LogP) is 6.03. The third kappa shape index (κ3) is 5.90. The van der Waals surface area contributed by atoms with Crippen molar-refractivity contribution in [3.63, 3.8) is 0 Å². The van der Waals surface area contributed by atoms with Crippen LogP contribution in [-0.4, -0.2) is 41.5 Å². The first kappa shape index (κ1) is 26.7. The molecule has 8 heteroatoms. The highest BCUT2D eigenvalue weighted by molar-refractivity contribution is 6.32. The monoisotopic (exact) mass is 543 g/mol. The first-order valence-corrected chi connectivity index (χ1v) is 13.4. The van der Waals surface area contributed by atoms with Crippen LogP contribution < -0.4 is 10.1 Å². The Morgan fingerprint density at radius 1 is 1.08 bits per heavy atom. The summed E-state index contributed by atoms with van der Waals surface area (Å²) in [6.45, 7) is 3.98. The van der Waals surface area contributed by atoms with E-state index in [4.69, 9.17) is 26.1 Å². The Kier molecular flexibility index (Phi) is 8.10. The Morgan fingerprint density at radius 2 is 1.85 bits per heavy atom. The zero-order chi connectivity index (χ0) is 27.4. The first-order chi connectivity index (χ1) is 19.0. The van der Waals surface area contributed by atoms with Crippen molar-refractivity contribution >= 4 is 40.1 Å². The Bertz CT molecular complexity index is 1510. The fourth-order valence-corrected chi connectivity index (χ4v) is 5.19. The molecule has 3 aromatic carbocycles. The number of carbonyl (C=O) groups is 2. The summed E-state index contributed by atoms with van der Waals surface area (Å²) < 4.78 is 11.0. The van der Waals surface area contributed by atoms with Crippen LogP contribution in [-0.2, 0) is 29.0 Å². The van der Waals surface area contributed by atoms with Gasteiger partial charge in [0.2, 0.25) is 0 Å². The predicted molar refractivity (Wildman–Crippen MR) is 152 cm³/mol. The Hall–Kier alpha value is -3.94. The van der Waals surface area contributed by atoms with Crippen LogP contribution in [0.25, 0.3) is 10.9 Å². The van der Waals surface area contributed by atoms with Gasteiger partial charge in [-0.25, -0.2) is 4.79 Å². The largest absolute Gasteiger partial charge is 0.495 e. The number of nitrogens with one attached hydrogen (secondary N) is 1. The van der Waals surface area contributed by atoms with Gasteiger partial charge in [0.05, 0.1) is 23.2 Å². The van der Waals surface area contributed by atoms with Gasteiger partial charge in [0.1, 0.15) is 5.75 Å². The van der Waals surface area contributed by atoms with Crippen molar-refractivity contribution in [3.05, 3.63) is 100 Å². The van der Waals surface area contributed by atoms with Crippen molar-refractivity contribution in [2.75, 3.05) is 19.0 Å². The van der Waals surface area contributed by atoms with E-state index in [0.717, 1.165) is 41.7 Å². The number of amides is 1. The molecule has 0 fully saturated rings. The molecule has 0 spiro atoms. The van der Waals surface area contributed by atoms with Gasteiger partial charge in [-0.1, -0.05) is 67.1 Å². The van der Waals surface area contributed by atoms with Crippen LogP contribution in [0.3, 0.4) is 0 Å². The molecule has 1 atom stereocenters. The van der Waals surface area contributed by atoms with Gasteiger partial charge >= 0.3 is 5.97 Å². The van der Waals surface area contributed by atoms with Gasteiger partial charge in [0.15, 0.2) is 6.10 Å². The topological polar surface area (TPSA) is 80.8 Å². The van der Waals surface area contributed by atoms with Crippen molar-refractivity contribution < 1.29 is 19.1 Å². The molecule has 1 aromatic heterocycles. The maximum Gasteiger partial charge on any atom is 0.340 e. The lowest BCUT2D eigenvalue weighted by molar-refractivity contribution is -0.124. The minimum Gasteiger partial charge on any atom is -0.495 e. The van der Waals surface area contributed by atoms with Crippen molar-refractivity contribution in [2.24, 2.45) is 0 Å². The summed E-state index contributed by atoms with van der Waals surface area (Å²) in [4.78, 5) is 34.1. The average Bonchev–Trinajstić information content (AvgIpc) is 2.95. The normalized spacial score (nSPS) is 13.9. The smallest absolute Gasteiger partial charge is 0.340 e. The second kappa shape index (κ2) is 11.8. The summed E-state index contributed by atoms with van der Waals surface area (Å²) in [7, 11) is 1.52. The maximum absolute atomic E-state index is 13.8. The number of halogens is 1. The van der Waals surface area contributed by atoms with E-state index in [1.165, 1.54) is 12.7 Å². The highest BCUT2D eigenvalue weighted by Crippen LogP contribution is 2.31. The summed E-state index contributed by atoms with van der Waals surface area (Å²) in [6.07, 6.45) is 0.0562. The molecule has 0 saturated carbocycles. The Labute approximate surface area is 232 Å². The Morgan fingerprint density at radius 3 is 2.59 bits per heavy atom. The number of rotatable bonds is 8. The number of para-hydroxylation sites is 1. The van der Waals surface area contributed by atoms with Gasteiger partial charge in [-0.3, -0.25) is 14.7 Å². The zero-order valence-electron chi connectivity index (χ0n) is 21.9. The molecule has 2 heterocycles. The maximum atomic E-state index is 13.8. The van der Waals surface area contributed by atoms with Crippen molar-refractivity contribution in [3.8, 4) is 5.75 Å². The number of hydrogen-bond acceptors (Lipinski definition) is 6. The van der Waals surface area contributed by atoms with Crippen LogP contribution in [0.2, 0.25) is 5.02 Å². The summed E-state index contributed by atoms with van der Waals surface area (Å²) in [5.41, 5.74) is 4.68. The molecule has 0 radical (unpaired) electrons. The molecule has 7 nitrogen and oxygen atoms in total. The third-order valence-electron chi connectivity index (χ3n) is 6.91. The van der Waals surface area contributed by atoms with Crippen LogP contribution in [0.5, 0.6) is 5.75 Å². The summed E-state index contributed by atoms with van der Waals surface area (Å²) >= 11 is 6.20. The quantitative estimate of drug-likeness (QED) is 0.273. The van der Waals surface area contributed by atoms with E-state index >= 15 is 0 Å². The number of benzene rings is 3. The first-order valence-electron chi connectivity index (χ1n) is 13.0. The third-order valence-corrected chi connectivity index (χ3v) is 7.21. The molecule has 200 valence electrons. The van der Waals surface area contributed by atoms with E-state index in [-0.39, 0.29) is 0 Å². The van der Waals surface area contributed by atoms with Crippen LogP contribution in [0, 0.1) is 0 Å². The fraction of sp³-hybridized carbons (Fsp3) is 0.258. The molecule has 0 aliphatic carbocycles. The minimum absolute atomic E-state index is 0.312. The number of esters is 1. The average molecular weight is 544 g/mol. The van der Waals surface area contributed by atoms with Crippen LogP contribution >= 0.6 is 11.6 Å². The van der Waals surface area contributed by atoms with Crippen LogP contribution in [0.4, 0.5) is 5.69 Å². The zero-order valence-corrected chi connectivity index (χ0v) is 22.7. The molecule has 1 unspecified atom stereocenters. The number of hydrogen-bond donors (Lipinski definition) is 1. The number of nitrogens with zero attached hydrogens (tertiary/aromatic N) is 2. The molecule has 1 N–H and O–H groups in total. The summed E-state index contributed by atoms with van der Waals surface area (Å²) in [6, 6.07) is 22.8. The lowest BCUT2D eigenvalue weighted by atomic mass is 9.95. The highest BCUT2D eigenvalue weighted by Gasteiger charge is 2.29. The van der Waals surface area contributed by atoms with Gasteiger partial charge in [-0.15, -0.1) is 0 Å². The molecule has 0 bridgehead atoms. The van der Waals surface area contributed by atoms with Gasteiger partial charge in [-0.2, -0.15) is 0 Å². The standard InChI is InChI=1S/C31H30ClN3O4/c1-3-27(30(36)33-21-13-14-28(38-2)24(32)17-21)39-31(37)29-22-11-7-8-12-25(22)34-26-15-16-35(19-23(26)29)18-20-9-5-4-6-10-20/h4-14,17,27H,3,15-16,18-19H2,1-2H3,(H,33,36). The van der Waals surface area contributed by atoms with Crippen LogP contribution in [0.15, 0.2) is 72.8 Å². The van der Waals surface area contributed by atoms with Crippen LogP contribution in [0.1, 0.15) is 40.5 Å². The fourth-order valence-electron chi connectivity index (χ4n) is 4.93. The number of methoxy groups -OCH3 is 1. The number of ether oxygens (including phenoxy) is 2. The van der Waals surface area contributed by atoms with E-state index in [1.54, 1.807) is 25.1 Å². The SMILES string of the molecule is CCC(OC(=O)c1c2c(nc3ccccc13)CCN(Cc1ccccc1)C2)C(=O)Nc1ccc(OC)c(Cl)c1. The van der Waals surface area contributed by atoms with E-state index < -0.39 is 18.0 Å². The number of anilines is 1. The minimum atomic E-state index is -0.982. The molecule has 4 aromatic rings. The lowest BCUT2D eigenvalue weighted by Gasteiger charge is -2.30. The number of aromatic nitrogens is 1. The molecular formula is C31H30ClN3O4. The Balaban J connectivity index is 1.41. The molecule has 1 aliphatic rings. The molecule has 0 saturated heterocycles. The summed E-state index contributed by atoms with van der Waals surface area (Å²) in [5.74, 6) is -0.449. The number of fused-ring (bicyclic) bond motifs is 2. The van der Waals surface area contributed by atoms with Gasteiger partial charge in [0.25, 0.3) is 5.91 Å². The van der Waals surface area contributed by atoms with Gasteiger partial charge in [-0.05, 0) is 36.2 Å². The molecule has 39 heavy (non-hydrogen) atoms. The van der Waals surface area contributed by atoms with Gasteiger partial charge in [0, 0.05) is 48.4 Å². The molecule has 5 rings (SSSR count). The van der Waals surface area contributed by atoms with E-state index in [9.17, 15) is 9.59 Å². The molecule has 1 aliphatic heterocycles. The number of carbonyl (C=O) groups excluding carboxylic acids is 2. The summed E-state index contributed by atoms with van der Waals surface area (Å²) in [5, 5.41) is 3.89. The second-order valence-electron chi connectivity index (χ2n) is 9.52. The number of pyridine rings is 1. The van der Waals surface area contributed by atoms with Crippen molar-refractivity contribution in [1.82, 2.24) is 9.88 Å². The molecular weight excluding hydrogens is 514 g/mol. The molecule has 1 amide bonds. The van der Waals surface area contributed by atoms with Gasteiger partial charge < -0.3 is 14.8 Å². The van der Waals surface area contributed by atoms with E-state index in [0.29, 0.717) is 35.0 Å². The van der Waals surface area contributed by atoms with Crippen molar-refractivity contribution in [2.45, 2.75) is 39.0 Å².